The van der Waals surface area contributed by atoms with Gasteiger partial charge in [0.1, 0.15) is 10.9 Å². The Kier molecular flexibility index (Phi) is 4.69. The van der Waals surface area contributed by atoms with Crippen molar-refractivity contribution in [2.24, 2.45) is 0 Å². The summed E-state index contributed by atoms with van der Waals surface area (Å²) < 4.78 is 5.83. The Labute approximate surface area is 87.8 Å². The van der Waals surface area contributed by atoms with Crippen LogP contribution in [0, 0.1) is 0 Å². The maximum Gasteiger partial charge on any atom is 0.254 e. The van der Waals surface area contributed by atoms with Crippen LogP contribution in [-0.2, 0) is 9.53 Å². The SMILES string of the molecule is CCCOCC(=O)N1CCSC1=S. The van der Waals surface area contributed by atoms with Gasteiger partial charge in [-0.3, -0.25) is 9.69 Å². The molecule has 0 bridgehead atoms. The normalized spacial score (nSPS) is 16.7. The lowest BCUT2D eigenvalue weighted by molar-refractivity contribution is -0.131. The molecule has 0 radical (unpaired) electrons. The standard InChI is InChI=1S/C8H13NO2S2/c1-2-4-11-6-7(10)9-3-5-13-8(9)12/h2-6H2,1H3. The molecule has 0 aromatic carbocycles. The van der Waals surface area contributed by atoms with E-state index in [1.165, 1.54) is 0 Å². The lowest BCUT2D eigenvalue weighted by Gasteiger charge is -2.14. The van der Waals surface area contributed by atoms with E-state index in [0.29, 0.717) is 10.9 Å². The third-order valence-corrected chi connectivity index (χ3v) is 3.06. The van der Waals surface area contributed by atoms with Gasteiger partial charge in [-0.25, -0.2) is 0 Å². The van der Waals surface area contributed by atoms with Crippen LogP contribution in [0.15, 0.2) is 0 Å². The van der Waals surface area contributed by atoms with Crippen LogP contribution >= 0.6 is 24.0 Å². The molecule has 0 saturated carbocycles. The van der Waals surface area contributed by atoms with Crippen molar-refractivity contribution in [1.29, 1.82) is 0 Å². The molecule has 1 aliphatic heterocycles. The maximum atomic E-state index is 11.4. The van der Waals surface area contributed by atoms with Crippen molar-refractivity contribution in [3.63, 3.8) is 0 Å². The number of hydrogen-bond acceptors (Lipinski definition) is 4. The van der Waals surface area contributed by atoms with E-state index < -0.39 is 0 Å². The zero-order valence-corrected chi connectivity index (χ0v) is 9.25. The summed E-state index contributed by atoms with van der Waals surface area (Å²) in [6, 6.07) is 0. The van der Waals surface area contributed by atoms with Crippen molar-refractivity contribution in [3.8, 4) is 0 Å². The third-order valence-electron chi connectivity index (χ3n) is 1.64. The van der Waals surface area contributed by atoms with E-state index in [9.17, 15) is 4.79 Å². The summed E-state index contributed by atoms with van der Waals surface area (Å²) in [5, 5.41) is 0. The molecule has 0 aromatic heterocycles. The molecular formula is C8H13NO2S2. The highest BCUT2D eigenvalue weighted by Crippen LogP contribution is 2.17. The second-order valence-electron chi connectivity index (χ2n) is 2.71. The summed E-state index contributed by atoms with van der Waals surface area (Å²) in [7, 11) is 0. The van der Waals surface area contributed by atoms with Crippen molar-refractivity contribution < 1.29 is 9.53 Å². The predicted octanol–water partition coefficient (Wildman–Crippen LogP) is 1.27. The van der Waals surface area contributed by atoms with Gasteiger partial charge in [0, 0.05) is 18.9 Å². The van der Waals surface area contributed by atoms with Gasteiger partial charge in [-0.2, -0.15) is 0 Å². The van der Waals surface area contributed by atoms with Gasteiger partial charge in [0.2, 0.25) is 0 Å². The minimum atomic E-state index is -0.0107. The van der Waals surface area contributed by atoms with E-state index in [4.69, 9.17) is 17.0 Å². The Morgan fingerprint density at radius 3 is 3.08 bits per heavy atom. The molecule has 0 aliphatic carbocycles. The summed E-state index contributed by atoms with van der Waals surface area (Å²) in [5.74, 6) is 0.904. The second kappa shape index (κ2) is 5.57. The molecule has 13 heavy (non-hydrogen) atoms. The Morgan fingerprint density at radius 1 is 1.77 bits per heavy atom. The Balaban J connectivity index is 2.26. The summed E-state index contributed by atoms with van der Waals surface area (Å²) in [5.41, 5.74) is 0. The highest BCUT2D eigenvalue weighted by Gasteiger charge is 2.23. The molecule has 1 aliphatic rings. The molecule has 1 amide bonds. The quantitative estimate of drug-likeness (QED) is 0.526. The minimum Gasteiger partial charge on any atom is -0.372 e. The van der Waals surface area contributed by atoms with E-state index in [2.05, 4.69) is 0 Å². The van der Waals surface area contributed by atoms with Gasteiger partial charge in [-0.05, 0) is 6.42 Å². The molecule has 1 saturated heterocycles. The molecule has 5 heteroatoms. The first kappa shape index (κ1) is 10.9. The number of nitrogens with zero attached hydrogens (tertiary/aromatic N) is 1. The maximum absolute atomic E-state index is 11.4. The number of hydrogen-bond donors (Lipinski definition) is 0. The van der Waals surface area contributed by atoms with Gasteiger partial charge in [0.15, 0.2) is 0 Å². The lowest BCUT2D eigenvalue weighted by Crippen LogP contribution is -2.33. The fourth-order valence-corrected chi connectivity index (χ4v) is 2.24. The first-order valence-electron chi connectivity index (χ1n) is 4.30. The van der Waals surface area contributed by atoms with Crippen LogP contribution in [0.5, 0.6) is 0 Å². The summed E-state index contributed by atoms with van der Waals surface area (Å²) in [4.78, 5) is 13.1. The molecule has 0 N–H and O–H groups in total. The minimum absolute atomic E-state index is 0.0107. The zero-order valence-electron chi connectivity index (χ0n) is 7.62. The molecule has 74 valence electrons. The average Bonchev–Trinajstić information content (AvgIpc) is 2.52. The van der Waals surface area contributed by atoms with Crippen LogP contribution in [0.1, 0.15) is 13.3 Å². The summed E-state index contributed by atoms with van der Waals surface area (Å²) >= 11 is 6.56. The van der Waals surface area contributed by atoms with Gasteiger partial charge in [-0.15, -0.1) is 0 Å². The number of rotatable bonds is 4. The van der Waals surface area contributed by atoms with E-state index in [0.717, 1.165) is 18.7 Å². The first-order valence-corrected chi connectivity index (χ1v) is 5.70. The smallest absolute Gasteiger partial charge is 0.254 e. The average molecular weight is 219 g/mol. The fourth-order valence-electron chi connectivity index (χ4n) is 1.00. The Hall–Kier alpha value is -0.130. The monoisotopic (exact) mass is 219 g/mol. The number of thiocarbonyl (C=S) groups is 1. The lowest BCUT2D eigenvalue weighted by atomic mass is 10.5. The van der Waals surface area contributed by atoms with Gasteiger partial charge < -0.3 is 4.74 Å². The molecule has 1 fully saturated rings. The van der Waals surface area contributed by atoms with Gasteiger partial charge >= 0.3 is 0 Å². The van der Waals surface area contributed by atoms with Gasteiger partial charge in [-0.1, -0.05) is 30.9 Å². The highest BCUT2D eigenvalue weighted by atomic mass is 32.2. The molecule has 0 spiro atoms. The predicted molar refractivity (Wildman–Crippen MR) is 57.9 cm³/mol. The molecule has 0 aromatic rings. The number of carbonyl (C=O) groups excluding carboxylic acids is 1. The van der Waals surface area contributed by atoms with Crippen LogP contribution < -0.4 is 0 Å². The van der Waals surface area contributed by atoms with E-state index in [-0.39, 0.29) is 12.5 Å². The van der Waals surface area contributed by atoms with Crippen LogP contribution in [0.2, 0.25) is 0 Å². The van der Waals surface area contributed by atoms with Gasteiger partial charge in [0.25, 0.3) is 5.91 Å². The van der Waals surface area contributed by atoms with Crippen molar-refractivity contribution >= 4 is 34.2 Å². The van der Waals surface area contributed by atoms with Crippen molar-refractivity contribution in [2.75, 3.05) is 25.5 Å². The molecule has 1 heterocycles. The molecule has 3 nitrogen and oxygen atoms in total. The molecular weight excluding hydrogens is 206 g/mol. The van der Waals surface area contributed by atoms with E-state index in [1.54, 1.807) is 16.7 Å². The number of ether oxygens (including phenoxy) is 1. The highest BCUT2D eigenvalue weighted by molar-refractivity contribution is 8.23. The second-order valence-corrected chi connectivity index (χ2v) is 4.44. The Bertz CT molecular complexity index is 208. The Morgan fingerprint density at radius 2 is 2.54 bits per heavy atom. The van der Waals surface area contributed by atoms with Crippen molar-refractivity contribution in [1.82, 2.24) is 4.90 Å². The van der Waals surface area contributed by atoms with E-state index in [1.807, 2.05) is 6.92 Å². The molecule has 0 atom stereocenters. The zero-order chi connectivity index (χ0) is 9.68. The van der Waals surface area contributed by atoms with Crippen molar-refractivity contribution in [3.05, 3.63) is 0 Å². The van der Waals surface area contributed by atoms with Crippen LogP contribution in [0.4, 0.5) is 0 Å². The van der Waals surface area contributed by atoms with E-state index >= 15 is 0 Å². The number of thioether (sulfide) groups is 1. The molecule has 1 rings (SSSR count). The summed E-state index contributed by atoms with van der Waals surface area (Å²) in [6.07, 6.45) is 0.937. The van der Waals surface area contributed by atoms with Crippen LogP contribution in [-0.4, -0.2) is 40.6 Å². The van der Waals surface area contributed by atoms with Gasteiger partial charge in [0.05, 0.1) is 0 Å². The molecule has 0 unspecified atom stereocenters. The van der Waals surface area contributed by atoms with Crippen LogP contribution in [0.3, 0.4) is 0 Å². The van der Waals surface area contributed by atoms with Crippen LogP contribution in [0.25, 0.3) is 0 Å². The topological polar surface area (TPSA) is 29.5 Å². The third kappa shape index (κ3) is 3.25. The summed E-state index contributed by atoms with van der Waals surface area (Å²) in [6.45, 7) is 3.55. The number of amides is 1. The fraction of sp³-hybridized carbons (Fsp3) is 0.750. The largest absolute Gasteiger partial charge is 0.372 e. The number of carbonyl (C=O) groups is 1. The first-order chi connectivity index (χ1) is 6.25. The van der Waals surface area contributed by atoms with Crippen molar-refractivity contribution in [2.45, 2.75) is 13.3 Å².